The van der Waals surface area contributed by atoms with Crippen LogP contribution in [-0.4, -0.2) is 10.2 Å². The highest BCUT2D eigenvalue weighted by Gasteiger charge is 2.08. The number of rotatable bonds is 4. The van der Waals surface area contributed by atoms with Crippen LogP contribution in [0.3, 0.4) is 0 Å². The number of aromatic nitrogens is 1. The van der Waals surface area contributed by atoms with Crippen LogP contribution in [-0.2, 0) is 5.75 Å². The van der Waals surface area contributed by atoms with Crippen molar-refractivity contribution in [3.63, 3.8) is 0 Å². The summed E-state index contributed by atoms with van der Waals surface area (Å²) in [6, 6.07) is 0. The van der Waals surface area contributed by atoms with Crippen molar-refractivity contribution in [1.29, 1.82) is 0 Å². The molecule has 1 rings (SSSR count). The minimum atomic E-state index is 0.674. The molecule has 0 spiro atoms. The van der Waals surface area contributed by atoms with Gasteiger partial charge >= 0.3 is 0 Å². The zero-order chi connectivity index (χ0) is 9.84. The molecule has 0 saturated carbocycles. The Balaban J connectivity index is 2.35. The van der Waals surface area contributed by atoms with Crippen molar-refractivity contribution in [1.82, 2.24) is 4.98 Å². The molecule has 0 bridgehead atoms. The molecular weight excluding hydrogens is 200 g/mol. The fraction of sp³-hybridized carbons (Fsp3) is 0.667. The molecule has 2 nitrogen and oxygen atoms in total. The molecule has 1 unspecified atom stereocenters. The van der Waals surface area contributed by atoms with E-state index in [-0.39, 0.29) is 0 Å². The summed E-state index contributed by atoms with van der Waals surface area (Å²) in [7, 11) is 0. The van der Waals surface area contributed by atoms with Crippen LogP contribution in [0.15, 0.2) is 5.38 Å². The molecular formula is C9H16N2S2. The van der Waals surface area contributed by atoms with Gasteiger partial charge in [0.25, 0.3) is 0 Å². The first-order valence-electron chi connectivity index (χ1n) is 4.41. The molecule has 1 atom stereocenters. The monoisotopic (exact) mass is 216 g/mol. The van der Waals surface area contributed by atoms with E-state index in [9.17, 15) is 0 Å². The third-order valence-corrected chi connectivity index (χ3v) is 4.26. The number of nitrogens with zero attached hydrogens (tertiary/aromatic N) is 1. The lowest BCUT2D eigenvalue weighted by molar-refractivity contribution is 0.642. The van der Waals surface area contributed by atoms with Gasteiger partial charge in [0.05, 0.1) is 5.69 Å². The van der Waals surface area contributed by atoms with Crippen LogP contribution in [0.25, 0.3) is 0 Å². The maximum Gasteiger partial charge on any atom is 0.180 e. The molecule has 1 aromatic rings. The summed E-state index contributed by atoms with van der Waals surface area (Å²) in [5.74, 6) is 1.70. The average molecular weight is 216 g/mol. The predicted molar refractivity (Wildman–Crippen MR) is 62.1 cm³/mol. The van der Waals surface area contributed by atoms with Crippen LogP contribution in [0.2, 0.25) is 0 Å². The van der Waals surface area contributed by atoms with E-state index >= 15 is 0 Å². The van der Waals surface area contributed by atoms with Crippen molar-refractivity contribution in [2.24, 2.45) is 5.92 Å². The lowest BCUT2D eigenvalue weighted by Gasteiger charge is -2.13. The first-order valence-corrected chi connectivity index (χ1v) is 6.34. The molecule has 0 aliphatic carbocycles. The van der Waals surface area contributed by atoms with Crippen molar-refractivity contribution in [2.45, 2.75) is 31.8 Å². The highest BCUT2D eigenvalue weighted by Crippen LogP contribution is 2.24. The summed E-state index contributed by atoms with van der Waals surface area (Å²) in [6.07, 6.45) is 0. The fourth-order valence-electron chi connectivity index (χ4n) is 0.798. The van der Waals surface area contributed by atoms with Gasteiger partial charge in [-0.3, -0.25) is 0 Å². The summed E-state index contributed by atoms with van der Waals surface area (Å²) in [6.45, 7) is 6.74. The lowest BCUT2D eigenvalue weighted by atomic mass is 10.2. The molecule has 74 valence electrons. The largest absolute Gasteiger partial charge is 0.375 e. The number of nitrogens with two attached hydrogens (primary N) is 1. The maximum atomic E-state index is 5.54. The quantitative estimate of drug-likeness (QED) is 0.841. The van der Waals surface area contributed by atoms with E-state index in [1.54, 1.807) is 0 Å². The Morgan fingerprint density at radius 2 is 2.23 bits per heavy atom. The molecule has 2 N–H and O–H groups in total. The minimum Gasteiger partial charge on any atom is -0.375 e. The number of anilines is 1. The Morgan fingerprint density at radius 1 is 1.54 bits per heavy atom. The van der Waals surface area contributed by atoms with Gasteiger partial charge in [0.15, 0.2) is 5.13 Å². The van der Waals surface area contributed by atoms with Gasteiger partial charge in [0, 0.05) is 16.4 Å². The number of hydrogen-bond acceptors (Lipinski definition) is 4. The van der Waals surface area contributed by atoms with Crippen LogP contribution < -0.4 is 5.73 Å². The Bertz CT molecular complexity index is 258. The van der Waals surface area contributed by atoms with Gasteiger partial charge in [-0.2, -0.15) is 11.8 Å². The van der Waals surface area contributed by atoms with Crippen molar-refractivity contribution in [3.05, 3.63) is 11.1 Å². The second-order valence-electron chi connectivity index (χ2n) is 3.44. The second-order valence-corrected chi connectivity index (χ2v) is 5.69. The van der Waals surface area contributed by atoms with E-state index in [4.69, 9.17) is 5.73 Å². The molecule has 0 aromatic carbocycles. The molecule has 0 fully saturated rings. The van der Waals surface area contributed by atoms with Crippen LogP contribution in [0, 0.1) is 5.92 Å². The number of hydrogen-bond donors (Lipinski definition) is 1. The van der Waals surface area contributed by atoms with Crippen LogP contribution in [0.4, 0.5) is 5.13 Å². The Labute approximate surface area is 87.9 Å². The smallest absolute Gasteiger partial charge is 0.180 e. The molecule has 1 aromatic heterocycles. The van der Waals surface area contributed by atoms with E-state index < -0.39 is 0 Å². The molecule has 0 amide bonds. The first kappa shape index (κ1) is 10.9. The van der Waals surface area contributed by atoms with Crippen molar-refractivity contribution in [2.75, 3.05) is 5.73 Å². The van der Waals surface area contributed by atoms with Gasteiger partial charge in [0.2, 0.25) is 0 Å². The average Bonchev–Trinajstić information content (AvgIpc) is 2.47. The summed E-state index contributed by atoms with van der Waals surface area (Å²) < 4.78 is 0. The molecule has 0 saturated heterocycles. The Hall–Kier alpha value is -0.220. The van der Waals surface area contributed by atoms with Crippen LogP contribution >= 0.6 is 23.1 Å². The van der Waals surface area contributed by atoms with Gasteiger partial charge in [-0.05, 0) is 5.92 Å². The van der Waals surface area contributed by atoms with E-state index in [2.05, 4.69) is 25.8 Å². The van der Waals surface area contributed by atoms with Crippen molar-refractivity contribution >= 4 is 28.2 Å². The minimum absolute atomic E-state index is 0.674. The molecule has 0 aliphatic rings. The Morgan fingerprint density at radius 3 is 2.69 bits per heavy atom. The number of thiazole rings is 1. The van der Waals surface area contributed by atoms with Crippen molar-refractivity contribution < 1.29 is 0 Å². The van der Waals surface area contributed by atoms with Gasteiger partial charge in [0.1, 0.15) is 0 Å². The SMILES string of the molecule is CC(C)C(C)SCc1csc(N)n1. The third kappa shape index (κ3) is 3.56. The van der Waals surface area contributed by atoms with E-state index in [0.717, 1.165) is 17.4 Å². The zero-order valence-corrected chi connectivity index (χ0v) is 9.91. The normalized spacial score (nSPS) is 13.5. The predicted octanol–water partition coefficient (Wildman–Crippen LogP) is 3.00. The summed E-state index contributed by atoms with van der Waals surface area (Å²) in [4.78, 5) is 4.22. The fourth-order valence-corrected chi connectivity index (χ4v) is 2.43. The highest BCUT2D eigenvalue weighted by molar-refractivity contribution is 7.99. The number of nitrogen functional groups attached to an aromatic ring is 1. The molecule has 13 heavy (non-hydrogen) atoms. The molecule has 4 heteroatoms. The lowest BCUT2D eigenvalue weighted by Crippen LogP contribution is -2.05. The molecule has 0 radical (unpaired) electrons. The number of thioether (sulfide) groups is 1. The zero-order valence-electron chi connectivity index (χ0n) is 8.28. The second kappa shape index (κ2) is 4.86. The van der Waals surface area contributed by atoms with Crippen LogP contribution in [0.1, 0.15) is 26.5 Å². The van der Waals surface area contributed by atoms with Gasteiger partial charge in [-0.1, -0.05) is 20.8 Å². The highest BCUT2D eigenvalue weighted by atomic mass is 32.2. The first-order chi connectivity index (χ1) is 6.09. The van der Waals surface area contributed by atoms with Gasteiger partial charge in [-0.15, -0.1) is 11.3 Å². The van der Waals surface area contributed by atoms with E-state index in [1.165, 1.54) is 11.3 Å². The van der Waals surface area contributed by atoms with Gasteiger partial charge < -0.3 is 5.73 Å². The summed E-state index contributed by atoms with van der Waals surface area (Å²) in [5.41, 5.74) is 6.65. The van der Waals surface area contributed by atoms with E-state index in [0.29, 0.717) is 10.4 Å². The molecule has 1 heterocycles. The summed E-state index contributed by atoms with van der Waals surface area (Å²) in [5, 5.41) is 3.39. The summed E-state index contributed by atoms with van der Waals surface area (Å²) >= 11 is 3.46. The Kier molecular flexibility index (Phi) is 4.06. The third-order valence-electron chi connectivity index (χ3n) is 2.00. The molecule has 0 aliphatic heterocycles. The maximum absolute atomic E-state index is 5.54. The van der Waals surface area contributed by atoms with Gasteiger partial charge in [-0.25, -0.2) is 4.98 Å². The topological polar surface area (TPSA) is 38.9 Å². The standard InChI is InChI=1S/C9H16N2S2/c1-6(2)7(3)12-4-8-5-13-9(10)11-8/h5-7H,4H2,1-3H3,(H2,10,11). The van der Waals surface area contributed by atoms with Crippen LogP contribution in [0.5, 0.6) is 0 Å². The van der Waals surface area contributed by atoms with E-state index in [1.807, 2.05) is 17.1 Å². The van der Waals surface area contributed by atoms with Crippen molar-refractivity contribution in [3.8, 4) is 0 Å².